The van der Waals surface area contributed by atoms with Gasteiger partial charge in [-0.05, 0) is 107 Å². The van der Waals surface area contributed by atoms with Gasteiger partial charge in [-0.1, -0.05) is 13.0 Å². The van der Waals surface area contributed by atoms with Crippen LogP contribution < -0.4 is 25.7 Å². The Morgan fingerprint density at radius 1 is 1.06 bits per heavy atom. The number of hydrogen-bond acceptors (Lipinski definition) is 13. The molecule has 0 saturated carbocycles. The Hall–Kier alpha value is -5.68. The number of piperidine rings is 3. The summed E-state index contributed by atoms with van der Waals surface area (Å²) in [6.45, 7) is 5.28. The fraction of sp³-hybridized carbons (Fsp3) is 0.455. The minimum absolute atomic E-state index is 0.00380. The maximum Gasteiger partial charge on any atom is 0.264 e. The van der Waals surface area contributed by atoms with Crippen molar-refractivity contribution in [1.29, 1.82) is 5.26 Å². The van der Waals surface area contributed by atoms with Gasteiger partial charge in [0.2, 0.25) is 17.7 Å². The van der Waals surface area contributed by atoms with Gasteiger partial charge < -0.3 is 24.4 Å². The quantitative estimate of drug-likeness (QED) is 0.115. The van der Waals surface area contributed by atoms with Crippen molar-refractivity contribution < 1.29 is 37.0 Å². The lowest BCUT2D eigenvalue weighted by molar-refractivity contribution is -0.137. The van der Waals surface area contributed by atoms with E-state index in [0.717, 1.165) is 6.07 Å². The van der Waals surface area contributed by atoms with Crippen molar-refractivity contribution in [3.8, 4) is 17.6 Å². The third-order valence-corrected chi connectivity index (χ3v) is 13.5. The normalized spacial score (nSPS) is 20.6. The van der Waals surface area contributed by atoms with E-state index >= 15 is 13.2 Å². The van der Waals surface area contributed by atoms with Crippen LogP contribution in [-0.4, -0.2) is 106 Å². The Labute approximate surface area is 366 Å². The van der Waals surface area contributed by atoms with Crippen molar-refractivity contribution in [3.63, 3.8) is 0 Å². The second kappa shape index (κ2) is 18.6. The van der Waals surface area contributed by atoms with Crippen LogP contribution in [0.5, 0.6) is 11.5 Å². The first-order valence-electron chi connectivity index (χ1n) is 21.1. The van der Waals surface area contributed by atoms with Crippen molar-refractivity contribution >= 4 is 52.1 Å². The number of imide groups is 1. The van der Waals surface area contributed by atoms with E-state index in [0.29, 0.717) is 82.5 Å². The van der Waals surface area contributed by atoms with Gasteiger partial charge in [0.1, 0.15) is 28.9 Å². The number of nitrogens with zero attached hydrogens (tertiary/aromatic N) is 6. The Morgan fingerprint density at radius 3 is 2.56 bits per heavy atom. The SMILES string of the molecule is CCN(C)SNc1ccc(F)c(Oc2ccc3ncn(C4COC5(CCN(C(=O)CN6CCC(c7ccc(NC8CCC(=O)NC8=O)cc7F)CC6)CC5)C4)c(=O)c3c2F)c1C#N. The molecule has 2 atom stereocenters. The predicted octanol–water partition coefficient (Wildman–Crippen LogP) is 5.82. The van der Waals surface area contributed by atoms with E-state index in [-0.39, 0.29) is 65.3 Å². The lowest BCUT2D eigenvalue weighted by Crippen LogP contribution is -2.50. The van der Waals surface area contributed by atoms with E-state index in [1.807, 2.05) is 29.2 Å². The van der Waals surface area contributed by atoms with Gasteiger partial charge in [0, 0.05) is 43.9 Å². The number of anilines is 2. The molecule has 3 N–H and O–H groups in total. The van der Waals surface area contributed by atoms with Crippen LogP contribution in [0.25, 0.3) is 10.9 Å². The van der Waals surface area contributed by atoms with Crippen LogP contribution in [0.1, 0.15) is 75.0 Å². The zero-order chi connectivity index (χ0) is 44.4. The molecule has 63 heavy (non-hydrogen) atoms. The Balaban J connectivity index is 0.851. The highest BCUT2D eigenvalue weighted by Crippen LogP contribution is 2.41. The lowest BCUT2D eigenvalue weighted by Gasteiger charge is -2.40. The van der Waals surface area contributed by atoms with E-state index in [9.17, 15) is 24.4 Å². The molecule has 4 aliphatic heterocycles. The lowest BCUT2D eigenvalue weighted by atomic mass is 9.87. The maximum atomic E-state index is 16.2. The van der Waals surface area contributed by atoms with Crippen LogP contribution in [0.2, 0.25) is 0 Å². The van der Waals surface area contributed by atoms with Crippen LogP contribution >= 0.6 is 12.1 Å². The van der Waals surface area contributed by atoms with Crippen molar-refractivity contribution in [2.45, 2.75) is 75.5 Å². The van der Waals surface area contributed by atoms with Crippen LogP contribution in [0.3, 0.4) is 0 Å². The molecular formula is C44H48F3N9O6S. The second-order valence-electron chi connectivity index (χ2n) is 16.5. The first-order chi connectivity index (χ1) is 30.3. The summed E-state index contributed by atoms with van der Waals surface area (Å²) in [6, 6.07) is 10.9. The number of benzene rings is 3. The molecule has 15 nitrogen and oxygen atoms in total. The van der Waals surface area contributed by atoms with Crippen LogP contribution in [0.15, 0.2) is 53.6 Å². The van der Waals surface area contributed by atoms with E-state index in [1.54, 1.807) is 12.1 Å². The molecule has 8 rings (SSSR count). The molecule has 5 heterocycles. The van der Waals surface area contributed by atoms with Crippen molar-refractivity contribution in [3.05, 3.63) is 87.7 Å². The number of nitriles is 1. The van der Waals surface area contributed by atoms with Gasteiger partial charge in [-0.25, -0.2) is 22.5 Å². The minimum atomic E-state index is -1.03. The highest BCUT2D eigenvalue weighted by molar-refractivity contribution is 7.98. The average molecular weight is 888 g/mol. The monoisotopic (exact) mass is 887 g/mol. The third kappa shape index (κ3) is 9.35. The van der Waals surface area contributed by atoms with Crippen molar-refractivity contribution in [2.75, 3.05) is 63.0 Å². The first kappa shape index (κ1) is 43.9. The minimum Gasteiger partial charge on any atom is -0.450 e. The van der Waals surface area contributed by atoms with E-state index in [1.165, 1.54) is 47.3 Å². The molecule has 4 aliphatic rings. The van der Waals surface area contributed by atoms with E-state index in [4.69, 9.17) is 9.47 Å². The molecule has 1 spiro atoms. The van der Waals surface area contributed by atoms with Gasteiger partial charge in [0.05, 0.1) is 42.3 Å². The summed E-state index contributed by atoms with van der Waals surface area (Å²) in [5, 5.41) is 14.9. The van der Waals surface area contributed by atoms with Crippen molar-refractivity contribution in [2.24, 2.45) is 0 Å². The highest BCUT2D eigenvalue weighted by Gasteiger charge is 2.44. The highest BCUT2D eigenvalue weighted by atomic mass is 32.2. The number of fused-ring (bicyclic) bond motifs is 1. The summed E-state index contributed by atoms with van der Waals surface area (Å²) in [7, 11) is 1.83. The Morgan fingerprint density at radius 2 is 1.84 bits per heavy atom. The number of aromatic nitrogens is 2. The molecule has 4 saturated heterocycles. The van der Waals surface area contributed by atoms with E-state index in [2.05, 4.69) is 25.2 Å². The van der Waals surface area contributed by atoms with Gasteiger partial charge in [-0.15, -0.1) is 0 Å². The van der Waals surface area contributed by atoms with Crippen LogP contribution in [0.4, 0.5) is 24.5 Å². The standard InChI is InChI=1S/C44H48F3N9O6S/c1-3-53(2)63-52-33-7-6-31(45)41(30(33)22-48)62-36-10-8-34-39(40(36)47)43(60)56(25-49-34)28-21-44(61-24-28)14-18-55(19-15-44)38(58)23-54-16-12-26(13-17-54)29-5-4-27(20-32(29)46)50-35-9-11-37(57)51-42(35)59/h4-8,10,20,25-26,28,35,50,52H,3,9,11-19,21,23-24H2,1-2H3,(H,51,57,59). The zero-order valence-corrected chi connectivity index (χ0v) is 35.7. The Bertz CT molecular complexity index is 2520. The van der Waals surface area contributed by atoms with Gasteiger partial charge in [-0.3, -0.25) is 34.0 Å². The van der Waals surface area contributed by atoms with Gasteiger partial charge in [0.25, 0.3) is 5.56 Å². The van der Waals surface area contributed by atoms with Crippen molar-refractivity contribution in [1.82, 2.24) is 29.0 Å². The summed E-state index contributed by atoms with van der Waals surface area (Å²) in [5.74, 6) is -3.93. The van der Waals surface area contributed by atoms with Crippen LogP contribution in [-0.2, 0) is 19.1 Å². The maximum absolute atomic E-state index is 16.2. The average Bonchev–Trinajstić information content (AvgIpc) is 3.68. The summed E-state index contributed by atoms with van der Waals surface area (Å²) in [6.07, 6.45) is 4.89. The number of carbonyl (C=O) groups excluding carboxylic acids is 3. The summed E-state index contributed by atoms with van der Waals surface area (Å²) in [5.41, 5.74) is 0.0361. The molecule has 0 radical (unpaired) electrons. The zero-order valence-electron chi connectivity index (χ0n) is 34.9. The van der Waals surface area contributed by atoms with Gasteiger partial charge >= 0.3 is 0 Å². The topological polar surface area (TPSA) is 174 Å². The molecule has 332 valence electrons. The number of hydrogen-bond donors (Lipinski definition) is 3. The number of carbonyl (C=O) groups is 3. The molecule has 3 amide bonds. The molecule has 2 unspecified atom stereocenters. The summed E-state index contributed by atoms with van der Waals surface area (Å²) >= 11 is 1.20. The third-order valence-electron chi connectivity index (χ3n) is 12.6. The molecule has 1 aromatic heterocycles. The number of nitrogens with one attached hydrogen (secondary N) is 3. The summed E-state index contributed by atoms with van der Waals surface area (Å²) < 4.78 is 64.7. The predicted molar refractivity (Wildman–Crippen MR) is 229 cm³/mol. The largest absolute Gasteiger partial charge is 0.450 e. The number of rotatable bonds is 12. The molecular weight excluding hydrogens is 840 g/mol. The van der Waals surface area contributed by atoms with E-state index < -0.39 is 52.3 Å². The molecule has 4 fully saturated rings. The summed E-state index contributed by atoms with van der Waals surface area (Å²) in [4.78, 5) is 59.2. The first-order valence-corrected chi connectivity index (χ1v) is 21.9. The van der Waals surface area contributed by atoms with Gasteiger partial charge in [-0.2, -0.15) is 5.26 Å². The van der Waals surface area contributed by atoms with Gasteiger partial charge in [0.15, 0.2) is 23.1 Å². The smallest absolute Gasteiger partial charge is 0.264 e. The molecule has 3 aromatic carbocycles. The number of amides is 3. The molecule has 0 bridgehead atoms. The molecule has 19 heteroatoms. The number of halogens is 3. The fourth-order valence-electron chi connectivity index (χ4n) is 8.84. The Kier molecular flexibility index (Phi) is 13.0. The molecule has 0 aliphatic carbocycles. The second-order valence-corrected chi connectivity index (χ2v) is 17.6. The van der Waals surface area contributed by atoms with Crippen LogP contribution in [0, 0.1) is 28.8 Å². The molecule has 4 aromatic rings. The number of likely N-dealkylation sites (tertiary alicyclic amines) is 2. The number of ether oxygens (including phenoxy) is 2. The fourth-order valence-corrected chi connectivity index (χ4v) is 9.40.